The van der Waals surface area contributed by atoms with Crippen molar-refractivity contribution in [2.75, 3.05) is 6.61 Å². The molecule has 3 heterocycles. The Morgan fingerprint density at radius 2 is 1.13 bits per heavy atom. The fraction of sp³-hybridized carbons (Fsp3) is 0.237. The van der Waals surface area contributed by atoms with Crippen molar-refractivity contribution in [3.05, 3.63) is 132 Å². The van der Waals surface area contributed by atoms with Crippen LogP contribution in [-0.4, -0.2) is 44.4 Å². The average molecular weight is 613 g/mol. The molecule has 1 aliphatic heterocycles. The number of fused-ring (bicyclic) bond motifs is 1. The highest BCUT2D eigenvalue weighted by Gasteiger charge is 2.50. The number of hydrogen-bond acceptors (Lipinski definition) is 7. The minimum atomic E-state index is -0.630. The third kappa shape index (κ3) is 6.17. The lowest BCUT2D eigenvalue weighted by Gasteiger charge is -2.26. The van der Waals surface area contributed by atoms with Crippen molar-refractivity contribution >= 4 is 11.2 Å². The third-order valence-corrected chi connectivity index (χ3v) is 8.26. The first-order valence-corrected chi connectivity index (χ1v) is 15.5. The second-order valence-electron chi connectivity index (χ2n) is 11.9. The summed E-state index contributed by atoms with van der Waals surface area (Å²) in [5.41, 5.74) is 7.67. The third-order valence-electron chi connectivity index (χ3n) is 8.26. The van der Waals surface area contributed by atoms with Crippen LogP contribution in [0.25, 0.3) is 22.4 Å². The van der Waals surface area contributed by atoms with Gasteiger partial charge in [-0.25, -0.2) is 15.0 Å². The van der Waals surface area contributed by atoms with Crippen LogP contribution in [0.5, 0.6) is 17.2 Å². The Morgan fingerprint density at radius 3 is 1.72 bits per heavy atom. The molecule has 0 spiro atoms. The van der Waals surface area contributed by atoms with Gasteiger partial charge in [0.1, 0.15) is 47.5 Å². The zero-order valence-corrected chi connectivity index (χ0v) is 26.3. The molecule has 1 aliphatic rings. The summed E-state index contributed by atoms with van der Waals surface area (Å²) in [6.45, 7) is 8.47. The molecule has 0 N–H and O–H groups in total. The predicted molar refractivity (Wildman–Crippen MR) is 177 cm³/mol. The van der Waals surface area contributed by atoms with E-state index in [2.05, 4.69) is 61.9 Å². The van der Waals surface area contributed by atoms with E-state index in [4.69, 9.17) is 23.9 Å². The molecule has 4 aromatic carbocycles. The highest BCUT2D eigenvalue weighted by atomic mass is 16.6. The SMILES string of the molecule is Cc1ccc(OC[C@H]2O[C@@H](n3cnc4c(-c5ccc(C)cc5)ncnc43)[C@H](Oc3ccc(C)cc3)[C@@H]2Oc2ccc(C)cc2)cc1. The zero-order chi connectivity index (χ0) is 31.6. The molecule has 1 fully saturated rings. The summed E-state index contributed by atoms with van der Waals surface area (Å²) in [7, 11) is 0. The van der Waals surface area contributed by atoms with Crippen molar-refractivity contribution in [1.82, 2.24) is 19.5 Å². The lowest BCUT2D eigenvalue weighted by Crippen LogP contribution is -2.42. The summed E-state index contributed by atoms with van der Waals surface area (Å²) in [5.74, 6) is 2.18. The van der Waals surface area contributed by atoms with E-state index in [1.165, 1.54) is 5.56 Å². The topological polar surface area (TPSA) is 80.5 Å². The maximum Gasteiger partial charge on any atom is 0.183 e. The lowest BCUT2D eigenvalue weighted by atomic mass is 10.1. The van der Waals surface area contributed by atoms with Crippen LogP contribution in [0, 0.1) is 27.7 Å². The molecule has 2 aromatic heterocycles. The molecule has 0 bridgehead atoms. The fourth-order valence-corrected chi connectivity index (χ4v) is 5.66. The van der Waals surface area contributed by atoms with Crippen LogP contribution in [0.3, 0.4) is 0 Å². The van der Waals surface area contributed by atoms with Crippen molar-refractivity contribution in [3.63, 3.8) is 0 Å². The molecule has 46 heavy (non-hydrogen) atoms. The molecule has 8 heteroatoms. The molecular weight excluding hydrogens is 576 g/mol. The Balaban J connectivity index is 1.29. The van der Waals surface area contributed by atoms with Crippen molar-refractivity contribution in [2.24, 2.45) is 0 Å². The molecule has 8 nitrogen and oxygen atoms in total. The van der Waals surface area contributed by atoms with Crippen molar-refractivity contribution in [3.8, 4) is 28.5 Å². The molecule has 4 atom stereocenters. The first kappa shape index (κ1) is 29.5. The zero-order valence-electron chi connectivity index (χ0n) is 26.3. The van der Waals surface area contributed by atoms with Gasteiger partial charge < -0.3 is 18.9 Å². The normalized spacial score (nSPS) is 19.3. The van der Waals surface area contributed by atoms with E-state index in [0.29, 0.717) is 16.9 Å². The number of rotatable bonds is 9. The van der Waals surface area contributed by atoms with E-state index < -0.39 is 24.5 Å². The molecule has 0 amide bonds. The van der Waals surface area contributed by atoms with Crippen molar-refractivity contribution in [1.29, 1.82) is 0 Å². The first-order valence-electron chi connectivity index (χ1n) is 15.5. The molecule has 1 saturated heterocycles. The molecule has 232 valence electrons. The highest BCUT2D eigenvalue weighted by Crippen LogP contribution is 2.38. The van der Waals surface area contributed by atoms with Gasteiger partial charge in [0.05, 0.1) is 6.33 Å². The second-order valence-corrected chi connectivity index (χ2v) is 11.9. The quantitative estimate of drug-likeness (QED) is 0.166. The van der Waals surface area contributed by atoms with Crippen LogP contribution in [0.4, 0.5) is 0 Å². The highest BCUT2D eigenvalue weighted by molar-refractivity contribution is 5.87. The molecule has 0 radical (unpaired) electrons. The van der Waals surface area contributed by atoms with E-state index in [1.54, 1.807) is 12.7 Å². The number of ether oxygens (including phenoxy) is 4. The Kier molecular flexibility index (Phi) is 8.11. The Morgan fingerprint density at radius 1 is 0.609 bits per heavy atom. The van der Waals surface area contributed by atoms with Crippen molar-refractivity contribution < 1.29 is 18.9 Å². The minimum Gasteiger partial charge on any atom is -0.491 e. The van der Waals surface area contributed by atoms with Crippen molar-refractivity contribution in [2.45, 2.75) is 52.2 Å². The maximum atomic E-state index is 6.83. The Hall–Kier alpha value is -5.21. The van der Waals surface area contributed by atoms with Gasteiger partial charge >= 0.3 is 0 Å². The number of hydrogen-bond donors (Lipinski definition) is 0. The van der Waals surface area contributed by atoms with E-state index in [-0.39, 0.29) is 6.61 Å². The summed E-state index contributed by atoms with van der Waals surface area (Å²) < 4.78 is 28.5. The molecule has 0 saturated carbocycles. The van der Waals surface area contributed by atoms with Crippen LogP contribution in [0.15, 0.2) is 110 Å². The number of aryl methyl sites for hydroxylation is 4. The van der Waals surface area contributed by atoms with Crippen LogP contribution < -0.4 is 14.2 Å². The van der Waals surface area contributed by atoms with Gasteiger partial charge in [0, 0.05) is 5.56 Å². The van der Waals surface area contributed by atoms with E-state index in [1.807, 2.05) is 77.4 Å². The summed E-state index contributed by atoms with van der Waals surface area (Å²) in [6, 6.07) is 32.2. The summed E-state index contributed by atoms with van der Waals surface area (Å²) in [5, 5.41) is 0. The summed E-state index contributed by atoms with van der Waals surface area (Å²) in [6.07, 6.45) is 1.09. The van der Waals surface area contributed by atoms with Crippen LogP contribution in [0.1, 0.15) is 28.5 Å². The number of aromatic nitrogens is 4. The Labute approximate surface area is 268 Å². The minimum absolute atomic E-state index is 0.250. The van der Waals surface area contributed by atoms with Gasteiger partial charge in [-0.15, -0.1) is 0 Å². The van der Waals surface area contributed by atoms with Crippen LogP contribution in [0.2, 0.25) is 0 Å². The van der Waals surface area contributed by atoms with Gasteiger partial charge in [0.25, 0.3) is 0 Å². The number of nitrogens with zero attached hydrogens (tertiary/aromatic N) is 4. The Bertz CT molecular complexity index is 1920. The maximum absolute atomic E-state index is 6.83. The van der Waals surface area contributed by atoms with Gasteiger partial charge in [0.2, 0.25) is 0 Å². The molecule has 0 unspecified atom stereocenters. The predicted octanol–water partition coefficient (Wildman–Crippen LogP) is 7.60. The smallest absolute Gasteiger partial charge is 0.183 e. The summed E-state index contributed by atoms with van der Waals surface area (Å²) in [4.78, 5) is 14.1. The van der Waals surface area contributed by atoms with E-state index >= 15 is 0 Å². The fourth-order valence-electron chi connectivity index (χ4n) is 5.66. The number of imidazole rings is 1. The van der Waals surface area contributed by atoms with Crippen LogP contribution in [-0.2, 0) is 4.74 Å². The van der Waals surface area contributed by atoms with Gasteiger partial charge in [0.15, 0.2) is 24.1 Å². The standard InChI is InChI=1S/C38H36N4O4/c1-24-5-13-28(14-6-24)33-34-37(40-22-39-33)42(23-41-34)38-36(45-31-19-11-27(4)12-20-31)35(44-30-17-9-26(3)10-18-30)32(46-38)21-43-29-15-7-25(2)8-16-29/h5-20,22-23,32,35-36,38H,21H2,1-4H3/t32-,35-,36-,38-/m1/s1. The number of benzene rings is 4. The van der Waals surface area contributed by atoms with Gasteiger partial charge in [-0.1, -0.05) is 82.9 Å². The van der Waals surface area contributed by atoms with Gasteiger partial charge in [-0.2, -0.15) is 0 Å². The molecule has 7 rings (SSSR count). The largest absolute Gasteiger partial charge is 0.491 e. The summed E-state index contributed by atoms with van der Waals surface area (Å²) >= 11 is 0. The second kappa shape index (κ2) is 12.7. The monoisotopic (exact) mass is 612 g/mol. The average Bonchev–Trinajstić information content (AvgIpc) is 3.64. The van der Waals surface area contributed by atoms with E-state index in [9.17, 15) is 0 Å². The van der Waals surface area contributed by atoms with Gasteiger partial charge in [-0.3, -0.25) is 4.57 Å². The molecule has 0 aliphatic carbocycles. The molecular formula is C38H36N4O4. The lowest BCUT2D eigenvalue weighted by molar-refractivity contribution is -0.0434. The van der Waals surface area contributed by atoms with Crippen LogP contribution >= 0.6 is 0 Å². The molecule has 6 aromatic rings. The van der Waals surface area contributed by atoms with E-state index in [0.717, 1.165) is 39.4 Å². The first-order chi connectivity index (χ1) is 22.4. The van der Waals surface area contributed by atoms with Gasteiger partial charge in [-0.05, 0) is 64.1 Å².